The Balaban J connectivity index is 2.22. The van der Waals surface area contributed by atoms with Crippen molar-refractivity contribution >= 4 is 40.9 Å². The lowest BCUT2D eigenvalue weighted by Crippen LogP contribution is -2.50. The Morgan fingerprint density at radius 3 is 2.03 bits per heavy atom. The third-order valence-electron chi connectivity index (χ3n) is 4.28. The van der Waals surface area contributed by atoms with Gasteiger partial charge < -0.3 is 4.74 Å². The Morgan fingerprint density at radius 1 is 0.968 bits per heavy atom. The number of carbonyl (C=O) groups excluding carboxylic acids is 2. The van der Waals surface area contributed by atoms with Gasteiger partial charge in [-0.15, -0.1) is 0 Å². The molecule has 2 amide bonds. The molecule has 3 rings (SSSR count). The minimum atomic E-state index is -5.53. The zero-order chi connectivity index (χ0) is 23.4. The average Bonchev–Trinajstić information content (AvgIpc) is 2.91. The van der Waals surface area contributed by atoms with Crippen LogP contribution in [0.15, 0.2) is 36.4 Å². The number of benzene rings is 2. The monoisotopic (exact) mass is 482 g/mol. The lowest BCUT2D eigenvalue weighted by Gasteiger charge is -2.28. The fourth-order valence-corrected chi connectivity index (χ4v) is 3.49. The Hall–Kier alpha value is -2.97. The first-order valence-electron chi connectivity index (χ1n) is 7.94. The molecule has 0 saturated carbocycles. The lowest BCUT2D eigenvalue weighted by molar-refractivity contribution is -0.246. The van der Waals surface area contributed by atoms with Crippen LogP contribution in [0.25, 0.3) is 0 Å². The number of anilines is 1. The fraction of sp³-hybridized carbons (Fsp3) is 0.167. The van der Waals surface area contributed by atoms with Gasteiger partial charge >= 0.3 is 24.0 Å². The largest absolute Gasteiger partial charge is 0.442 e. The maximum atomic E-state index is 14.0. The van der Waals surface area contributed by atoms with Crippen LogP contribution in [-0.2, 0) is 21.3 Å². The Labute approximate surface area is 179 Å². The van der Waals surface area contributed by atoms with Gasteiger partial charge in [0.25, 0.3) is 5.91 Å². The number of hydrogen-bond donors (Lipinski definition) is 0. The number of alkyl halides is 6. The van der Waals surface area contributed by atoms with Crippen molar-refractivity contribution in [3.05, 3.63) is 63.1 Å². The zero-order valence-corrected chi connectivity index (χ0v) is 16.1. The molecule has 31 heavy (non-hydrogen) atoms. The topological polar surface area (TPSA) is 70.4 Å². The standard InChI is InChI=1S/C18H6Cl2F6N2O3/c19-10-3-9(4-11(20)5-10)16(18(24,25)26)14(29)28(15(30)31-16)12-2-1-8(7-27)13(6-12)17(21,22)23/h1-6H. The molecule has 1 atom stereocenters. The number of carbonyl (C=O) groups is 2. The summed E-state index contributed by atoms with van der Waals surface area (Å²) in [6.45, 7) is 0. The third-order valence-corrected chi connectivity index (χ3v) is 4.72. The third kappa shape index (κ3) is 3.66. The normalized spacial score (nSPS) is 19.4. The van der Waals surface area contributed by atoms with Gasteiger partial charge in [0, 0.05) is 15.6 Å². The van der Waals surface area contributed by atoms with Crippen molar-refractivity contribution in [2.75, 3.05) is 4.90 Å². The fourth-order valence-electron chi connectivity index (χ4n) is 2.97. The summed E-state index contributed by atoms with van der Waals surface area (Å²) >= 11 is 11.4. The smallest absolute Gasteiger partial charge is 0.417 e. The summed E-state index contributed by atoms with van der Waals surface area (Å²) in [5.74, 6) is -2.03. The molecule has 1 unspecified atom stereocenters. The van der Waals surface area contributed by atoms with Crippen LogP contribution in [-0.4, -0.2) is 18.2 Å². The molecule has 0 bridgehead atoms. The van der Waals surface area contributed by atoms with E-state index in [1.165, 1.54) is 6.07 Å². The van der Waals surface area contributed by atoms with Gasteiger partial charge in [-0.1, -0.05) is 23.2 Å². The van der Waals surface area contributed by atoms with Crippen LogP contribution < -0.4 is 4.90 Å². The van der Waals surface area contributed by atoms with Crippen molar-refractivity contribution in [2.24, 2.45) is 0 Å². The first kappa shape index (κ1) is 22.7. The summed E-state index contributed by atoms with van der Waals surface area (Å²) in [5, 5.41) is 8.21. The molecule has 1 saturated heterocycles. The quantitative estimate of drug-likeness (QED) is 0.505. The highest BCUT2D eigenvalue weighted by atomic mass is 35.5. The van der Waals surface area contributed by atoms with Crippen molar-refractivity contribution in [1.82, 2.24) is 0 Å². The van der Waals surface area contributed by atoms with Gasteiger partial charge in [0.2, 0.25) is 0 Å². The molecule has 1 aliphatic rings. The van der Waals surface area contributed by atoms with E-state index in [2.05, 4.69) is 4.74 Å². The highest BCUT2D eigenvalue weighted by molar-refractivity contribution is 6.35. The van der Waals surface area contributed by atoms with Gasteiger partial charge in [0.05, 0.1) is 22.9 Å². The Morgan fingerprint density at radius 2 is 1.55 bits per heavy atom. The number of hydrogen-bond acceptors (Lipinski definition) is 4. The number of ether oxygens (including phenoxy) is 1. The molecule has 162 valence electrons. The summed E-state index contributed by atoms with van der Waals surface area (Å²) < 4.78 is 86.1. The van der Waals surface area contributed by atoms with Crippen LogP contribution in [0.3, 0.4) is 0 Å². The second-order valence-corrected chi connectivity index (χ2v) is 7.06. The Kier molecular flexibility index (Phi) is 5.36. The first-order valence-corrected chi connectivity index (χ1v) is 8.70. The van der Waals surface area contributed by atoms with Crippen molar-refractivity contribution in [3.8, 4) is 6.07 Å². The SMILES string of the molecule is N#Cc1ccc(N2C(=O)OC(c3cc(Cl)cc(Cl)c3)(C(F)(F)F)C2=O)cc1C(F)(F)F. The number of rotatable bonds is 2. The average molecular weight is 483 g/mol. The second kappa shape index (κ2) is 7.32. The molecule has 2 aromatic carbocycles. The van der Waals surface area contributed by atoms with E-state index in [0.717, 1.165) is 6.07 Å². The van der Waals surface area contributed by atoms with E-state index in [1.54, 1.807) is 0 Å². The maximum absolute atomic E-state index is 14.0. The molecule has 1 fully saturated rings. The van der Waals surface area contributed by atoms with Gasteiger partial charge in [0.1, 0.15) is 0 Å². The summed E-state index contributed by atoms with van der Waals surface area (Å²) in [6.07, 6.45) is -12.5. The number of nitrogens with zero attached hydrogens (tertiary/aromatic N) is 2. The Bertz CT molecular complexity index is 1120. The summed E-state index contributed by atoms with van der Waals surface area (Å²) in [7, 11) is 0. The molecule has 0 N–H and O–H groups in total. The van der Waals surface area contributed by atoms with Gasteiger partial charge in [-0.2, -0.15) is 31.6 Å². The number of cyclic esters (lactones) is 1. The zero-order valence-electron chi connectivity index (χ0n) is 14.6. The highest BCUT2D eigenvalue weighted by Gasteiger charge is 2.71. The van der Waals surface area contributed by atoms with Gasteiger partial charge in [-0.25, -0.2) is 9.69 Å². The number of imide groups is 1. The first-order chi connectivity index (χ1) is 14.2. The molecule has 1 heterocycles. The maximum Gasteiger partial charge on any atom is 0.442 e. The van der Waals surface area contributed by atoms with E-state index < -0.39 is 52.3 Å². The van der Waals surface area contributed by atoms with Crippen molar-refractivity contribution in [3.63, 3.8) is 0 Å². The van der Waals surface area contributed by atoms with Crippen molar-refractivity contribution < 1.29 is 40.7 Å². The van der Waals surface area contributed by atoms with Gasteiger partial charge in [-0.3, -0.25) is 4.79 Å². The van der Waals surface area contributed by atoms with Crippen molar-refractivity contribution in [2.45, 2.75) is 18.0 Å². The second-order valence-electron chi connectivity index (χ2n) is 6.19. The van der Waals surface area contributed by atoms with Crippen LogP contribution >= 0.6 is 23.2 Å². The van der Waals surface area contributed by atoms with E-state index in [0.29, 0.717) is 24.3 Å². The van der Waals surface area contributed by atoms with E-state index in [1.807, 2.05) is 0 Å². The molecular formula is C18H6Cl2F6N2O3. The van der Waals surface area contributed by atoms with Crippen molar-refractivity contribution in [1.29, 1.82) is 5.26 Å². The van der Waals surface area contributed by atoms with E-state index in [9.17, 15) is 35.9 Å². The number of halogens is 8. The molecule has 2 aromatic rings. The molecule has 0 spiro atoms. The number of nitriles is 1. The summed E-state index contributed by atoms with van der Waals surface area (Å²) in [6, 6.07) is 5.24. The van der Waals surface area contributed by atoms with Crippen LogP contribution in [0.5, 0.6) is 0 Å². The molecule has 1 aliphatic heterocycles. The van der Waals surface area contributed by atoms with Gasteiger partial charge in [-0.05, 0) is 36.4 Å². The number of amides is 2. The van der Waals surface area contributed by atoms with Crippen LogP contribution in [0.2, 0.25) is 10.0 Å². The minimum Gasteiger partial charge on any atom is -0.417 e. The molecule has 0 aromatic heterocycles. The van der Waals surface area contributed by atoms with E-state index >= 15 is 0 Å². The predicted octanol–water partition coefficient (Wildman–Crippen LogP) is 5.82. The van der Waals surface area contributed by atoms with Crippen LogP contribution in [0.4, 0.5) is 36.8 Å². The van der Waals surface area contributed by atoms with Crippen LogP contribution in [0, 0.1) is 11.3 Å². The van der Waals surface area contributed by atoms with E-state index in [-0.39, 0.29) is 21.0 Å². The molecule has 0 radical (unpaired) electrons. The molecule has 5 nitrogen and oxygen atoms in total. The van der Waals surface area contributed by atoms with Crippen LogP contribution in [0.1, 0.15) is 16.7 Å². The molecule has 0 aliphatic carbocycles. The lowest BCUT2D eigenvalue weighted by atomic mass is 9.91. The summed E-state index contributed by atoms with van der Waals surface area (Å²) in [4.78, 5) is 24.9. The van der Waals surface area contributed by atoms with Gasteiger partial charge in [0.15, 0.2) is 0 Å². The minimum absolute atomic E-state index is 0.196. The molecular weight excluding hydrogens is 477 g/mol. The molecule has 13 heteroatoms. The predicted molar refractivity (Wildman–Crippen MR) is 94.3 cm³/mol. The summed E-state index contributed by atoms with van der Waals surface area (Å²) in [5.41, 5.74) is -8.13. The van der Waals surface area contributed by atoms with E-state index in [4.69, 9.17) is 28.5 Å². The highest BCUT2D eigenvalue weighted by Crippen LogP contribution is 2.49.